The molecule has 0 aliphatic carbocycles. The highest BCUT2D eigenvalue weighted by Gasteiger charge is 2.06. The smallest absolute Gasteiger partial charge is 0.0996 e. The van der Waals surface area contributed by atoms with Gasteiger partial charge in [0.1, 0.15) is 0 Å². The van der Waals surface area contributed by atoms with Crippen LogP contribution in [-0.2, 0) is 0 Å². The van der Waals surface area contributed by atoms with Crippen LogP contribution in [0.1, 0.15) is 25.0 Å². The molecule has 15 heavy (non-hydrogen) atoms. The molecule has 0 aliphatic heterocycles. The van der Waals surface area contributed by atoms with Gasteiger partial charge in [0, 0.05) is 11.8 Å². The summed E-state index contributed by atoms with van der Waals surface area (Å²) in [7, 11) is 0. The fourth-order valence-corrected chi connectivity index (χ4v) is 1.42. The summed E-state index contributed by atoms with van der Waals surface area (Å²) in [5.41, 5.74) is 2.66. The van der Waals surface area contributed by atoms with Crippen LogP contribution in [0.4, 0.5) is 0 Å². The molecule has 0 saturated carbocycles. The van der Waals surface area contributed by atoms with Gasteiger partial charge in [0.15, 0.2) is 0 Å². The van der Waals surface area contributed by atoms with Crippen LogP contribution < -0.4 is 0 Å². The summed E-state index contributed by atoms with van der Waals surface area (Å²) >= 11 is 0. The van der Waals surface area contributed by atoms with E-state index in [-0.39, 0.29) is 0 Å². The summed E-state index contributed by atoms with van der Waals surface area (Å²) < 4.78 is 4.98. The molecule has 1 unspecified atom stereocenters. The molecule has 2 aromatic rings. The van der Waals surface area contributed by atoms with Gasteiger partial charge in [-0.05, 0) is 24.1 Å². The van der Waals surface area contributed by atoms with Crippen molar-refractivity contribution in [3.63, 3.8) is 0 Å². The number of aromatic nitrogens is 1. The van der Waals surface area contributed by atoms with Gasteiger partial charge in [-0.1, -0.05) is 13.0 Å². The normalized spacial score (nSPS) is 12.7. The molecule has 0 amide bonds. The maximum Gasteiger partial charge on any atom is 0.0996 e. The highest BCUT2D eigenvalue weighted by Crippen LogP contribution is 2.20. The van der Waals surface area contributed by atoms with Gasteiger partial charge in [0.05, 0.1) is 24.3 Å². The van der Waals surface area contributed by atoms with Crippen LogP contribution in [0, 0.1) is 0 Å². The fourth-order valence-electron chi connectivity index (χ4n) is 1.42. The molecule has 1 atom stereocenters. The third kappa shape index (κ3) is 2.07. The van der Waals surface area contributed by atoms with E-state index in [1.54, 1.807) is 18.7 Å². The predicted molar refractivity (Wildman–Crippen MR) is 57.2 cm³/mol. The lowest BCUT2D eigenvalue weighted by Gasteiger charge is -2.07. The van der Waals surface area contributed by atoms with Crippen LogP contribution in [0.25, 0.3) is 11.3 Å². The Morgan fingerprint density at radius 1 is 1.40 bits per heavy atom. The van der Waals surface area contributed by atoms with Crippen molar-refractivity contribution < 1.29 is 9.52 Å². The topological polar surface area (TPSA) is 46.3 Å². The van der Waals surface area contributed by atoms with Crippen LogP contribution in [0.15, 0.2) is 41.3 Å². The number of furan rings is 1. The lowest BCUT2D eigenvalue weighted by molar-refractivity contribution is 0.173. The van der Waals surface area contributed by atoms with Crippen molar-refractivity contribution in [3.8, 4) is 11.3 Å². The van der Waals surface area contributed by atoms with Crippen LogP contribution >= 0.6 is 0 Å². The Morgan fingerprint density at radius 2 is 2.27 bits per heavy atom. The van der Waals surface area contributed by atoms with E-state index in [1.807, 2.05) is 25.1 Å². The standard InChI is InChI=1S/C12H13NO2/c1-2-12(14)9-3-4-11(13-7-9)10-5-6-15-8-10/h3-8,12,14H,2H2,1H3. The molecule has 3 heteroatoms. The van der Waals surface area contributed by atoms with E-state index in [2.05, 4.69) is 4.98 Å². The average molecular weight is 203 g/mol. The van der Waals surface area contributed by atoms with Gasteiger partial charge in [-0.2, -0.15) is 0 Å². The second kappa shape index (κ2) is 4.28. The van der Waals surface area contributed by atoms with Crippen molar-refractivity contribution in [2.24, 2.45) is 0 Å². The first-order chi connectivity index (χ1) is 7.31. The van der Waals surface area contributed by atoms with Gasteiger partial charge in [-0.25, -0.2) is 0 Å². The van der Waals surface area contributed by atoms with Gasteiger partial charge in [-0.3, -0.25) is 4.98 Å². The second-order valence-electron chi connectivity index (χ2n) is 3.41. The van der Waals surface area contributed by atoms with Gasteiger partial charge in [-0.15, -0.1) is 0 Å². The zero-order valence-corrected chi connectivity index (χ0v) is 8.55. The Morgan fingerprint density at radius 3 is 2.80 bits per heavy atom. The molecule has 0 bridgehead atoms. The Hall–Kier alpha value is -1.61. The third-order valence-electron chi connectivity index (χ3n) is 2.37. The minimum Gasteiger partial charge on any atom is -0.472 e. The van der Waals surface area contributed by atoms with E-state index >= 15 is 0 Å². The number of nitrogens with zero attached hydrogens (tertiary/aromatic N) is 1. The highest BCUT2D eigenvalue weighted by atomic mass is 16.3. The molecule has 2 rings (SSSR count). The molecule has 3 nitrogen and oxygen atoms in total. The van der Waals surface area contributed by atoms with E-state index in [4.69, 9.17) is 4.42 Å². The first kappa shape index (κ1) is 9.93. The molecule has 2 aromatic heterocycles. The SMILES string of the molecule is CCC(O)c1ccc(-c2ccoc2)nc1. The van der Waals surface area contributed by atoms with Crippen LogP contribution in [0.5, 0.6) is 0 Å². The van der Waals surface area contributed by atoms with E-state index in [0.717, 1.165) is 16.8 Å². The first-order valence-electron chi connectivity index (χ1n) is 4.98. The van der Waals surface area contributed by atoms with E-state index < -0.39 is 6.10 Å². The van der Waals surface area contributed by atoms with E-state index in [0.29, 0.717) is 6.42 Å². The summed E-state index contributed by atoms with van der Waals surface area (Å²) in [4.78, 5) is 4.27. The molecule has 78 valence electrons. The quantitative estimate of drug-likeness (QED) is 0.834. The molecule has 0 saturated heterocycles. The van der Waals surface area contributed by atoms with Crippen molar-refractivity contribution in [2.45, 2.75) is 19.4 Å². The largest absolute Gasteiger partial charge is 0.472 e. The zero-order chi connectivity index (χ0) is 10.7. The summed E-state index contributed by atoms with van der Waals surface area (Å²) in [5, 5.41) is 9.59. The summed E-state index contributed by atoms with van der Waals surface area (Å²) in [6.07, 6.45) is 5.25. The molecule has 0 aromatic carbocycles. The lowest BCUT2D eigenvalue weighted by atomic mass is 10.1. The monoisotopic (exact) mass is 203 g/mol. The third-order valence-corrected chi connectivity index (χ3v) is 2.37. The molecule has 2 heterocycles. The number of hydrogen-bond donors (Lipinski definition) is 1. The van der Waals surface area contributed by atoms with Gasteiger partial charge < -0.3 is 9.52 Å². The van der Waals surface area contributed by atoms with Crippen molar-refractivity contribution in [3.05, 3.63) is 42.5 Å². The van der Waals surface area contributed by atoms with Crippen molar-refractivity contribution in [2.75, 3.05) is 0 Å². The van der Waals surface area contributed by atoms with Gasteiger partial charge >= 0.3 is 0 Å². The van der Waals surface area contributed by atoms with Gasteiger partial charge in [0.2, 0.25) is 0 Å². The Kier molecular flexibility index (Phi) is 2.83. The van der Waals surface area contributed by atoms with E-state index in [9.17, 15) is 5.11 Å². The molecular weight excluding hydrogens is 190 g/mol. The lowest BCUT2D eigenvalue weighted by Crippen LogP contribution is -1.95. The number of aliphatic hydroxyl groups excluding tert-OH is 1. The van der Waals surface area contributed by atoms with Crippen LogP contribution in [0.3, 0.4) is 0 Å². The average Bonchev–Trinajstić information content (AvgIpc) is 2.82. The molecule has 0 fully saturated rings. The predicted octanol–water partition coefficient (Wildman–Crippen LogP) is 2.79. The maximum atomic E-state index is 9.59. The van der Waals surface area contributed by atoms with Crippen LogP contribution in [-0.4, -0.2) is 10.1 Å². The molecular formula is C12H13NO2. The Balaban J connectivity index is 2.25. The molecule has 1 N–H and O–H groups in total. The number of rotatable bonds is 3. The summed E-state index contributed by atoms with van der Waals surface area (Å²) in [6.45, 7) is 1.94. The number of aliphatic hydroxyl groups is 1. The minimum atomic E-state index is -0.420. The minimum absolute atomic E-state index is 0.420. The summed E-state index contributed by atoms with van der Waals surface area (Å²) in [5.74, 6) is 0. The van der Waals surface area contributed by atoms with Crippen molar-refractivity contribution >= 4 is 0 Å². The molecule has 0 spiro atoms. The van der Waals surface area contributed by atoms with Crippen molar-refractivity contribution in [1.29, 1.82) is 0 Å². The highest BCUT2D eigenvalue weighted by molar-refractivity contribution is 5.57. The Bertz CT molecular complexity index is 406. The van der Waals surface area contributed by atoms with Crippen LogP contribution in [0.2, 0.25) is 0 Å². The first-order valence-corrected chi connectivity index (χ1v) is 4.98. The summed E-state index contributed by atoms with van der Waals surface area (Å²) in [6, 6.07) is 5.64. The van der Waals surface area contributed by atoms with Crippen molar-refractivity contribution in [1.82, 2.24) is 4.98 Å². The number of pyridine rings is 1. The van der Waals surface area contributed by atoms with E-state index in [1.165, 1.54) is 0 Å². The Labute approximate surface area is 88.4 Å². The van der Waals surface area contributed by atoms with Gasteiger partial charge in [0.25, 0.3) is 0 Å². The second-order valence-corrected chi connectivity index (χ2v) is 3.41. The maximum absolute atomic E-state index is 9.59. The molecule has 0 radical (unpaired) electrons. The zero-order valence-electron chi connectivity index (χ0n) is 8.55. The fraction of sp³-hybridized carbons (Fsp3) is 0.250. The number of hydrogen-bond acceptors (Lipinski definition) is 3. The molecule has 0 aliphatic rings.